The zero-order valence-electron chi connectivity index (χ0n) is 13.8. The number of H-pyrrole nitrogens is 1. The Morgan fingerprint density at radius 1 is 1.17 bits per heavy atom. The van der Waals surface area contributed by atoms with E-state index in [1.54, 1.807) is 19.4 Å². The van der Waals surface area contributed by atoms with Gasteiger partial charge >= 0.3 is 0 Å². The number of anilines is 2. The van der Waals surface area contributed by atoms with Crippen LogP contribution in [0.3, 0.4) is 0 Å². The molecule has 0 unspecified atom stereocenters. The van der Waals surface area contributed by atoms with Gasteiger partial charge < -0.3 is 15.0 Å². The lowest BCUT2D eigenvalue weighted by atomic mass is 9.89. The summed E-state index contributed by atoms with van der Waals surface area (Å²) in [7, 11) is 1.59. The topological polar surface area (TPSA) is 75.7 Å². The van der Waals surface area contributed by atoms with Gasteiger partial charge in [-0.25, -0.2) is 9.97 Å². The molecule has 0 amide bonds. The van der Waals surface area contributed by atoms with E-state index >= 15 is 0 Å². The Balaban J connectivity index is 1.91. The van der Waals surface area contributed by atoms with Crippen LogP contribution in [-0.2, 0) is 6.42 Å². The maximum atomic E-state index is 5.13. The average Bonchev–Trinajstić information content (AvgIpc) is 2.88. The molecule has 3 heterocycles. The number of ether oxygens (including phenoxy) is 1. The number of fused-ring (bicyclic) bond motifs is 1. The summed E-state index contributed by atoms with van der Waals surface area (Å²) in [5.74, 6) is 1.89. The molecule has 0 fully saturated rings. The van der Waals surface area contributed by atoms with Crippen molar-refractivity contribution in [2.45, 2.75) is 27.2 Å². The van der Waals surface area contributed by atoms with Crippen molar-refractivity contribution in [1.29, 1.82) is 0 Å². The van der Waals surface area contributed by atoms with Crippen LogP contribution in [0.2, 0.25) is 0 Å². The van der Waals surface area contributed by atoms with Gasteiger partial charge in [-0.2, -0.15) is 4.98 Å². The van der Waals surface area contributed by atoms with E-state index < -0.39 is 0 Å². The first-order chi connectivity index (χ1) is 10.9. The molecule has 0 saturated heterocycles. The van der Waals surface area contributed by atoms with Crippen LogP contribution in [-0.4, -0.2) is 27.0 Å². The van der Waals surface area contributed by atoms with Crippen molar-refractivity contribution in [3.05, 3.63) is 36.2 Å². The van der Waals surface area contributed by atoms with E-state index in [-0.39, 0.29) is 5.41 Å². The van der Waals surface area contributed by atoms with Gasteiger partial charge in [-0.3, -0.25) is 0 Å². The number of aromatic amines is 1. The average molecular weight is 311 g/mol. The summed E-state index contributed by atoms with van der Waals surface area (Å²) < 4.78 is 5.13. The number of nitrogens with one attached hydrogen (secondary N) is 2. The standard InChI is InChI=1S/C17H21N5O/c1-17(2,3)8-11-9-18-16-15(11)22-13(10-19-16)20-12-6-5-7-14(21-12)23-4/h5-7,9-10H,8H2,1-4H3,(H,18,19)(H,20,21,22). The molecule has 0 aliphatic heterocycles. The van der Waals surface area contributed by atoms with Gasteiger partial charge in [-0.1, -0.05) is 26.8 Å². The fourth-order valence-electron chi connectivity index (χ4n) is 2.44. The van der Waals surface area contributed by atoms with Crippen molar-refractivity contribution >= 4 is 22.8 Å². The molecule has 0 aliphatic rings. The van der Waals surface area contributed by atoms with Gasteiger partial charge in [0.25, 0.3) is 0 Å². The minimum atomic E-state index is 0.189. The molecule has 3 aromatic rings. The Hall–Kier alpha value is -2.63. The van der Waals surface area contributed by atoms with Gasteiger partial charge in [0.15, 0.2) is 11.5 Å². The highest BCUT2D eigenvalue weighted by molar-refractivity contribution is 5.77. The first-order valence-electron chi connectivity index (χ1n) is 7.56. The van der Waals surface area contributed by atoms with E-state index in [4.69, 9.17) is 4.74 Å². The monoisotopic (exact) mass is 311 g/mol. The predicted octanol–water partition coefficient (Wildman–Crippen LogP) is 3.69. The van der Waals surface area contributed by atoms with Crippen LogP contribution in [0, 0.1) is 5.41 Å². The maximum absolute atomic E-state index is 5.13. The third kappa shape index (κ3) is 3.59. The minimum Gasteiger partial charge on any atom is -0.481 e. The largest absolute Gasteiger partial charge is 0.481 e. The second-order valence-corrected chi connectivity index (χ2v) is 6.69. The van der Waals surface area contributed by atoms with Gasteiger partial charge in [0.1, 0.15) is 11.3 Å². The molecule has 3 rings (SSSR count). The van der Waals surface area contributed by atoms with Crippen LogP contribution in [0.1, 0.15) is 26.3 Å². The molecular weight excluding hydrogens is 290 g/mol. The molecule has 0 bridgehead atoms. The zero-order chi connectivity index (χ0) is 16.4. The van der Waals surface area contributed by atoms with Crippen LogP contribution >= 0.6 is 0 Å². The Bertz CT molecular complexity index is 819. The molecule has 0 aromatic carbocycles. The predicted molar refractivity (Wildman–Crippen MR) is 91.1 cm³/mol. The van der Waals surface area contributed by atoms with E-state index in [0.29, 0.717) is 17.5 Å². The third-order valence-electron chi connectivity index (χ3n) is 3.37. The molecule has 0 spiro atoms. The van der Waals surface area contributed by atoms with Crippen molar-refractivity contribution in [2.75, 3.05) is 12.4 Å². The molecule has 3 aromatic heterocycles. The molecule has 0 atom stereocenters. The fourth-order valence-corrected chi connectivity index (χ4v) is 2.44. The third-order valence-corrected chi connectivity index (χ3v) is 3.37. The molecular formula is C17H21N5O. The van der Waals surface area contributed by atoms with E-state index in [1.807, 2.05) is 18.3 Å². The second kappa shape index (κ2) is 5.87. The summed E-state index contributed by atoms with van der Waals surface area (Å²) in [5.41, 5.74) is 3.05. The molecule has 0 aliphatic carbocycles. The lowest BCUT2D eigenvalue weighted by molar-refractivity contribution is 0.398. The van der Waals surface area contributed by atoms with Crippen LogP contribution in [0.4, 0.5) is 11.6 Å². The molecule has 6 heteroatoms. The molecule has 6 nitrogen and oxygen atoms in total. The Morgan fingerprint density at radius 3 is 2.74 bits per heavy atom. The van der Waals surface area contributed by atoms with E-state index in [1.165, 1.54) is 5.56 Å². The van der Waals surface area contributed by atoms with Gasteiger partial charge in [-0.05, 0) is 23.5 Å². The molecule has 23 heavy (non-hydrogen) atoms. The Labute approximate surface area is 135 Å². The van der Waals surface area contributed by atoms with Crippen molar-refractivity contribution in [1.82, 2.24) is 19.9 Å². The molecule has 0 saturated carbocycles. The summed E-state index contributed by atoms with van der Waals surface area (Å²) >= 11 is 0. The SMILES string of the molecule is COc1cccc(Nc2cnc3[nH]cc(CC(C)(C)C)c3n2)n1. The number of hydrogen-bond acceptors (Lipinski definition) is 5. The van der Waals surface area contributed by atoms with Crippen molar-refractivity contribution in [3.63, 3.8) is 0 Å². The van der Waals surface area contributed by atoms with E-state index in [0.717, 1.165) is 17.6 Å². The Kier molecular flexibility index (Phi) is 3.90. The summed E-state index contributed by atoms with van der Waals surface area (Å²) in [6.45, 7) is 6.63. The van der Waals surface area contributed by atoms with Crippen molar-refractivity contribution < 1.29 is 4.74 Å². The van der Waals surface area contributed by atoms with Crippen LogP contribution in [0.25, 0.3) is 11.2 Å². The lowest BCUT2D eigenvalue weighted by Gasteiger charge is -2.16. The minimum absolute atomic E-state index is 0.189. The quantitative estimate of drug-likeness (QED) is 0.768. The van der Waals surface area contributed by atoms with Gasteiger partial charge in [0.2, 0.25) is 5.88 Å². The number of methoxy groups -OCH3 is 1. The van der Waals surface area contributed by atoms with Crippen LogP contribution in [0.15, 0.2) is 30.6 Å². The number of nitrogens with zero attached hydrogens (tertiary/aromatic N) is 3. The van der Waals surface area contributed by atoms with E-state index in [2.05, 4.69) is 46.0 Å². The highest BCUT2D eigenvalue weighted by Gasteiger charge is 2.16. The normalized spacial score (nSPS) is 11.7. The van der Waals surface area contributed by atoms with E-state index in [9.17, 15) is 0 Å². The molecule has 120 valence electrons. The summed E-state index contributed by atoms with van der Waals surface area (Å²) in [4.78, 5) is 16.6. The Morgan fingerprint density at radius 2 is 2.00 bits per heavy atom. The fraction of sp³-hybridized carbons (Fsp3) is 0.353. The summed E-state index contributed by atoms with van der Waals surface area (Å²) in [6, 6.07) is 5.54. The van der Waals surface area contributed by atoms with Gasteiger partial charge in [0.05, 0.1) is 13.3 Å². The highest BCUT2D eigenvalue weighted by atomic mass is 16.5. The number of aromatic nitrogens is 4. The molecule has 2 N–H and O–H groups in total. The highest BCUT2D eigenvalue weighted by Crippen LogP contribution is 2.26. The first kappa shape index (κ1) is 15.3. The van der Waals surface area contributed by atoms with Gasteiger partial charge in [-0.15, -0.1) is 0 Å². The lowest BCUT2D eigenvalue weighted by Crippen LogP contribution is -2.09. The van der Waals surface area contributed by atoms with Crippen LogP contribution in [0.5, 0.6) is 5.88 Å². The van der Waals surface area contributed by atoms with Crippen molar-refractivity contribution in [2.24, 2.45) is 5.41 Å². The first-order valence-corrected chi connectivity index (χ1v) is 7.56. The zero-order valence-corrected chi connectivity index (χ0v) is 13.8. The summed E-state index contributed by atoms with van der Waals surface area (Å²) in [6.07, 6.45) is 4.62. The second-order valence-electron chi connectivity index (χ2n) is 6.69. The molecule has 0 radical (unpaired) electrons. The number of hydrogen-bond donors (Lipinski definition) is 2. The maximum Gasteiger partial charge on any atom is 0.214 e. The smallest absolute Gasteiger partial charge is 0.214 e. The summed E-state index contributed by atoms with van der Waals surface area (Å²) in [5, 5.41) is 3.17. The number of pyridine rings is 1. The van der Waals surface area contributed by atoms with Crippen LogP contribution < -0.4 is 10.1 Å². The van der Waals surface area contributed by atoms with Crippen molar-refractivity contribution in [3.8, 4) is 5.88 Å². The number of rotatable bonds is 4. The van der Waals surface area contributed by atoms with Gasteiger partial charge in [0, 0.05) is 12.3 Å².